The van der Waals surface area contributed by atoms with E-state index >= 15 is 0 Å². The first kappa shape index (κ1) is 12.5. The van der Waals surface area contributed by atoms with Crippen LogP contribution in [0, 0.1) is 6.92 Å². The molecule has 1 fully saturated rings. The van der Waals surface area contributed by atoms with Crippen LogP contribution in [0.1, 0.15) is 12.2 Å². The van der Waals surface area contributed by atoms with Crippen LogP contribution in [0.15, 0.2) is 30.6 Å². The number of rotatable bonds is 3. The van der Waals surface area contributed by atoms with Crippen molar-refractivity contribution in [1.29, 1.82) is 0 Å². The average molecular weight is 269 g/mol. The molecular formula is C14H15N5O. The lowest BCUT2D eigenvalue weighted by molar-refractivity contribution is -0.116. The number of Topliss-reactive ketones (excluding diaryl/α,β-unsaturated/α-hetero) is 1. The van der Waals surface area contributed by atoms with Crippen molar-refractivity contribution in [2.75, 3.05) is 23.3 Å². The second-order valence-electron chi connectivity index (χ2n) is 4.73. The molecule has 0 spiro atoms. The van der Waals surface area contributed by atoms with Gasteiger partial charge in [0.1, 0.15) is 17.5 Å². The van der Waals surface area contributed by atoms with E-state index in [9.17, 15) is 4.79 Å². The van der Waals surface area contributed by atoms with Gasteiger partial charge in [-0.3, -0.25) is 9.78 Å². The maximum absolute atomic E-state index is 11.4. The van der Waals surface area contributed by atoms with Crippen LogP contribution in [-0.4, -0.2) is 33.8 Å². The molecular weight excluding hydrogens is 254 g/mol. The summed E-state index contributed by atoms with van der Waals surface area (Å²) in [6, 6.07) is 5.61. The quantitative estimate of drug-likeness (QED) is 0.914. The van der Waals surface area contributed by atoms with Gasteiger partial charge in [-0.15, -0.1) is 0 Å². The van der Waals surface area contributed by atoms with Crippen molar-refractivity contribution in [3.05, 3.63) is 36.4 Å². The third-order valence-electron chi connectivity index (χ3n) is 3.13. The number of carbonyl (C=O) groups is 1. The van der Waals surface area contributed by atoms with Gasteiger partial charge in [-0.05, 0) is 19.1 Å². The van der Waals surface area contributed by atoms with Crippen molar-refractivity contribution in [2.24, 2.45) is 0 Å². The Hall–Kier alpha value is -2.50. The zero-order chi connectivity index (χ0) is 13.9. The minimum Gasteiger partial charge on any atom is -0.349 e. The maximum Gasteiger partial charge on any atom is 0.153 e. The highest BCUT2D eigenvalue weighted by Gasteiger charge is 2.21. The molecule has 0 saturated carbocycles. The molecule has 20 heavy (non-hydrogen) atoms. The van der Waals surface area contributed by atoms with Crippen LogP contribution in [0.2, 0.25) is 0 Å². The van der Waals surface area contributed by atoms with Gasteiger partial charge in [0.05, 0.1) is 6.54 Å². The topological polar surface area (TPSA) is 71.0 Å². The highest BCUT2D eigenvalue weighted by molar-refractivity contribution is 5.86. The Kier molecular flexibility index (Phi) is 3.28. The van der Waals surface area contributed by atoms with Crippen LogP contribution < -0.4 is 10.2 Å². The van der Waals surface area contributed by atoms with E-state index in [2.05, 4.69) is 20.3 Å². The zero-order valence-electron chi connectivity index (χ0n) is 11.2. The fourth-order valence-electron chi connectivity index (χ4n) is 2.19. The largest absolute Gasteiger partial charge is 0.349 e. The zero-order valence-corrected chi connectivity index (χ0v) is 11.2. The van der Waals surface area contributed by atoms with Crippen molar-refractivity contribution in [3.63, 3.8) is 0 Å². The van der Waals surface area contributed by atoms with E-state index in [1.165, 1.54) is 0 Å². The maximum atomic E-state index is 11.4. The lowest BCUT2D eigenvalue weighted by Gasteiger charge is -2.17. The van der Waals surface area contributed by atoms with Crippen LogP contribution in [0.3, 0.4) is 0 Å². The van der Waals surface area contributed by atoms with Crippen LogP contribution in [-0.2, 0) is 4.79 Å². The van der Waals surface area contributed by atoms with Crippen molar-refractivity contribution >= 4 is 23.1 Å². The first-order chi connectivity index (χ1) is 9.70. The molecule has 2 aromatic rings. The van der Waals surface area contributed by atoms with E-state index < -0.39 is 0 Å². The number of ketones is 1. The summed E-state index contributed by atoms with van der Waals surface area (Å²) in [7, 11) is 0. The molecule has 0 radical (unpaired) electrons. The minimum absolute atomic E-state index is 0.255. The number of aryl methyl sites for hydroxylation is 1. The number of aromatic nitrogens is 3. The smallest absolute Gasteiger partial charge is 0.153 e. The Bertz CT molecular complexity index is 629. The fraction of sp³-hybridized carbons (Fsp3) is 0.286. The van der Waals surface area contributed by atoms with E-state index in [0.29, 0.717) is 18.8 Å². The van der Waals surface area contributed by atoms with E-state index in [4.69, 9.17) is 0 Å². The first-order valence-corrected chi connectivity index (χ1v) is 6.50. The third-order valence-corrected chi connectivity index (χ3v) is 3.13. The molecule has 102 valence electrons. The van der Waals surface area contributed by atoms with Gasteiger partial charge in [-0.2, -0.15) is 0 Å². The predicted octanol–water partition coefficient (Wildman–Crippen LogP) is 1.70. The van der Waals surface area contributed by atoms with Crippen molar-refractivity contribution in [3.8, 4) is 0 Å². The molecule has 0 bridgehead atoms. The summed E-state index contributed by atoms with van der Waals surface area (Å²) in [5, 5.41) is 3.22. The monoisotopic (exact) mass is 269 g/mol. The molecule has 0 aliphatic carbocycles. The first-order valence-electron chi connectivity index (χ1n) is 6.50. The number of pyridine rings is 1. The lowest BCUT2D eigenvalue weighted by Crippen LogP contribution is -2.21. The molecule has 3 heterocycles. The van der Waals surface area contributed by atoms with Crippen molar-refractivity contribution in [1.82, 2.24) is 15.0 Å². The number of anilines is 3. The van der Waals surface area contributed by atoms with Gasteiger partial charge in [0.2, 0.25) is 0 Å². The molecule has 0 amide bonds. The molecule has 0 unspecified atom stereocenters. The van der Waals surface area contributed by atoms with Crippen LogP contribution in [0.25, 0.3) is 0 Å². The highest BCUT2D eigenvalue weighted by Crippen LogP contribution is 2.21. The molecule has 0 atom stereocenters. The van der Waals surface area contributed by atoms with Gasteiger partial charge in [0, 0.05) is 37.1 Å². The second kappa shape index (κ2) is 5.24. The molecule has 6 heteroatoms. The van der Waals surface area contributed by atoms with Crippen LogP contribution in [0.4, 0.5) is 17.3 Å². The Morgan fingerprint density at radius 2 is 2.05 bits per heavy atom. The Morgan fingerprint density at radius 3 is 2.75 bits per heavy atom. The van der Waals surface area contributed by atoms with Gasteiger partial charge in [-0.1, -0.05) is 0 Å². The van der Waals surface area contributed by atoms with Crippen LogP contribution in [0.5, 0.6) is 0 Å². The van der Waals surface area contributed by atoms with E-state index in [-0.39, 0.29) is 5.78 Å². The summed E-state index contributed by atoms with van der Waals surface area (Å²) in [5.41, 5.74) is 0.918. The molecule has 3 rings (SSSR count). The SMILES string of the molecule is Cc1nc(Nc2ccncc2)cc(N2CCC(=O)C2)n1. The van der Waals surface area contributed by atoms with E-state index in [0.717, 1.165) is 23.9 Å². The van der Waals surface area contributed by atoms with Gasteiger partial charge in [-0.25, -0.2) is 9.97 Å². The summed E-state index contributed by atoms with van der Waals surface area (Å²) >= 11 is 0. The molecule has 1 aliphatic rings. The van der Waals surface area contributed by atoms with Gasteiger partial charge < -0.3 is 10.2 Å². The van der Waals surface area contributed by atoms with Crippen molar-refractivity contribution in [2.45, 2.75) is 13.3 Å². The molecule has 6 nitrogen and oxygen atoms in total. The standard InChI is InChI=1S/C14H15N5O/c1-10-16-13(18-11-2-5-15-6-3-11)8-14(17-10)19-7-4-12(20)9-19/h2-3,5-6,8H,4,7,9H2,1H3,(H,15,16,17,18). The number of hydrogen-bond acceptors (Lipinski definition) is 6. The number of nitrogens with zero attached hydrogens (tertiary/aromatic N) is 4. The fourth-order valence-corrected chi connectivity index (χ4v) is 2.19. The lowest BCUT2D eigenvalue weighted by atomic mass is 10.4. The predicted molar refractivity (Wildman–Crippen MR) is 76.1 cm³/mol. The molecule has 1 saturated heterocycles. The highest BCUT2D eigenvalue weighted by atomic mass is 16.1. The molecule has 0 aromatic carbocycles. The Labute approximate surface area is 116 Å². The Balaban J connectivity index is 1.85. The van der Waals surface area contributed by atoms with Gasteiger partial charge in [0.25, 0.3) is 0 Å². The van der Waals surface area contributed by atoms with Gasteiger partial charge >= 0.3 is 0 Å². The summed E-state index contributed by atoms with van der Waals surface area (Å²) < 4.78 is 0. The van der Waals surface area contributed by atoms with Crippen LogP contribution >= 0.6 is 0 Å². The van der Waals surface area contributed by atoms with E-state index in [1.54, 1.807) is 12.4 Å². The summed E-state index contributed by atoms with van der Waals surface area (Å²) in [6.45, 7) is 3.01. The van der Waals surface area contributed by atoms with E-state index in [1.807, 2.05) is 30.0 Å². The van der Waals surface area contributed by atoms with Gasteiger partial charge in [0.15, 0.2) is 5.78 Å². The summed E-state index contributed by atoms with van der Waals surface area (Å²) in [5.74, 6) is 2.45. The second-order valence-corrected chi connectivity index (χ2v) is 4.73. The third kappa shape index (κ3) is 2.74. The number of carbonyl (C=O) groups excluding carboxylic acids is 1. The summed E-state index contributed by atoms with van der Waals surface area (Å²) in [6.07, 6.45) is 4.03. The molecule has 1 aliphatic heterocycles. The minimum atomic E-state index is 0.255. The number of nitrogens with one attached hydrogen (secondary N) is 1. The normalized spacial score (nSPS) is 14.7. The molecule has 2 aromatic heterocycles. The number of hydrogen-bond donors (Lipinski definition) is 1. The van der Waals surface area contributed by atoms with Crippen molar-refractivity contribution < 1.29 is 4.79 Å². The Morgan fingerprint density at radius 1 is 1.25 bits per heavy atom. The molecule has 1 N–H and O–H groups in total. The summed E-state index contributed by atoms with van der Waals surface area (Å²) in [4.78, 5) is 26.1. The average Bonchev–Trinajstić information content (AvgIpc) is 2.86.